The molecule has 2 fully saturated rings. The van der Waals surface area contributed by atoms with Crippen LogP contribution in [0.4, 0.5) is 0 Å². The molecular formula is C16H25NO8. The van der Waals surface area contributed by atoms with Crippen LogP contribution in [0.25, 0.3) is 0 Å². The van der Waals surface area contributed by atoms with Crippen molar-refractivity contribution >= 4 is 11.9 Å². The predicted molar refractivity (Wildman–Crippen MR) is 84.1 cm³/mol. The third-order valence-electron chi connectivity index (χ3n) is 3.71. The first-order valence-corrected chi connectivity index (χ1v) is 8.25. The van der Waals surface area contributed by atoms with Crippen LogP contribution < -0.4 is 5.32 Å². The summed E-state index contributed by atoms with van der Waals surface area (Å²) in [7, 11) is 0. The Morgan fingerprint density at radius 1 is 1.12 bits per heavy atom. The second kappa shape index (κ2) is 8.13. The molecule has 4 atom stereocenters. The second-order valence-electron chi connectivity index (χ2n) is 6.01. The fourth-order valence-corrected chi connectivity index (χ4v) is 2.75. The highest BCUT2D eigenvalue weighted by atomic mass is 16.8. The molecule has 0 aromatic carbocycles. The maximum Gasteiger partial charge on any atom is 0.347 e. The monoisotopic (exact) mass is 359 g/mol. The Morgan fingerprint density at radius 3 is 2.20 bits per heavy atom. The van der Waals surface area contributed by atoms with Gasteiger partial charge in [-0.3, -0.25) is 0 Å². The Hall–Kier alpha value is -1.68. The molecule has 0 amide bonds. The van der Waals surface area contributed by atoms with Gasteiger partial charge in [-0.25, -0.2) is 9.59 Å². The number of aliphatic hydroxyl groups is 1. The Kier molecular flexibility index (Phi) is 6.39. The third kappa shape index (κ3) is 4.49. The minimum atomic E-state index is -0.818. The molecule has 9 nitrogen and oxygen atoms in total. The van der Waals surface area contributed by atoms with E-state index in [-0.39, 0.29) is 25.4 Å². The number of carbonyl (C=O) groups is 2. The SMILES string of the molecule is CCOC(=O)C(=CNC1O[C@H](CO)[C@H]2OC(C)(C)O[C@@H]12)C(=O)OCC. The van der Waals surface area contributed by atoms with Crippen molar-refractivity contribution in [3.05, 3.63) is 11.8 Å². The van der Waals surface area contributed by atoms with Gasteiger partial charge < -0.3 is 34.1 Å². The molecule has 2 aliphatic rings. The lowest BCUT2D eigenvalue weighted by molar-refractivity contribution is -0.192. The van der Waals surface area contributed by atoms with Crippen LogP contribution in [0.1, 0.15) is 27.7 Å². The van der Waals surface area contributed by atoms with Crippen molar-refractivity contribution in [1.82, 2.24) is 5.32 Å². The van der Waals surface area contributed by atoms with Gasteiger partial charge in [0, 0.05) is 6.20 Å². The van der Waals surface area contributed by atoms with E-state index in [1.165, 1.54) is 6.20 Å². The number of hydrogen-bond acceptors (Lipinski definition) is 9. The van der Waals surface area contributed by atoms with Crippen LogP contribution in [0, 0.1) is 0 Å². The van der Waals surface area contributed by atoms with E-state index in [9.17, 15) is 14.7 Å². The van der Waals surface area contributed by atoms with Crippen LogP contribution in [0.5, 0.6) is 0 Å². The lowest BCUT2D eigenvalue weighted by Crippen LogP contribution is -2.39. The van der Waals surface area contributed by atoms with Gasteiger partial charge >= 0.3 is 11.9 Å². The van der Waals surface area contributed by atoms with E-state index in [0.717, 1.165) is 0 Å². The molecule has 0 aromatic heterocycles. The van der Waals surface area contributed by atoms with E-state index in [1.807, 2.05) is 0 Å². The van der Waals surface area contributed by atoms with E-state index in [2.05, 4.69) is 5.32 Å². The van der Waals surface area contributed by atoms with Crippen molar-refractivity contribution in [3.63, 3.8) is 0 Å². The summed E-state index contributed by atoms with van der Waals surface area (Å²) in [5, 5.41) is 12.3. The molecule has 1 unspecified atom stereocenters. The first-order valence-electron chi connectivity index (χ1n) is 8.25. The number of ether oxygens (including phenoxy) is 5. The number of esters is 2. The summed E-state index contributed by atoms with van der Waals surface area (Å²) in [4.78, 5) is 23.9. The van der Waals surface area contributed by atoms with Crippen molar-refractivity contribution < 1.29 is 38.4 Å². The second-order valence-corrected chi connectivity index (χ2v) is 6.01. The first kappa shape index (κ1) is 19.6. The number of aliphatic hydroxyl groups excluding tert-OH is 1. The maximum atomic E-state index is 11.9. The molecule has 2 rings (SSSR count). The average molecular weight is 359 g/mol. The highest BCUT2D eigenvalue weighted by molar-refractivity contribution is 6.13. The molecule has 142 valence electrons. The fraction of sp³-hybridized carbons (Fsp3) is 0.750. The van der Waals surface area contributed by atoms with E-state index in [0.29, 0.717) is 0 Å². The van der Waals surface area contributed by atoms with Crippen molar-refractivity contribution in [2.75, 3.05) is 19.8 Å². The molecule has 2 N–H and O–H groups in total. The molecule has 2 aliphatic heterocycles. The van der Waals surface area contributed by atoms with Crippen LogP contribution in [-0.4, -0.2) is 67.2 Å². The predicted octanol–water partition coefficient (Wildman–Crippen LogP) is -0.177. The largest absolute Gasteiger partial charge is 0.462 e. The standard InChI is InChI=1S/C16H25NO8/c1-5-21-14(19)9(15(20)22-6-2)7-17-13-12-11(10(8-18)23-13)24-16(3,4)25-12/h7,10-13,17-18H,5-6,8H2,1-4H3/t10-,11-,12-,13?/m1/s1. The van der Waals surface area contributed by atoms with Crippen LogP contribution >= 0.6 is 0 Å². The normalized spacial score (nSPS) is 29.6. The molecule has 0 bridgehead atoms. The van der Waals surface area contributed by atoms with Crippen LogP contribution in [0.3, 0.4) is 0 Å². The summed E-state index contributed by atoms with van der Waals surface area (Å²) in [6.07, 6.45) is -1.06. The van der Waals surface area contributed by atoms with Gasteiger partial charge in [0.25, 0.3) is 0 Å². The summed E-state index contributed by atoms with van der Waals surface area (Å²) in [5.74, 6) is -2.42. The van der Waals surface area contributed by atoms with E-state index < -0.39 is 42.3 Å². The van der Waals surface area contributed by atoms with E-state index >= 15 is 0 Å². The number of rotatable bonds is 7. The van der Waals surface area contributed by atoms with Crippen LogP contribution in [-0.2, 0) is 33.3 Å². The molecule has 0 aliphatic carbocycles. The minimum Gasteiger partial charge on any atom is -0.462 e. The van der Waals surface area contributed by atoms with E-state index in [4.69, 9.17) is 23.7 Å². The molecule has 0 aromatic rings. The van der Waals surface area contributed by atoms with Gasteiger partial charge in [-0.1, -0.05) is 0 Å². The number of fused-ring (bicyclic) bond motifs is 1. The van der Waals surface area contributed by atoms with Crippen molar-refractivity contribution in [2.45, 2.75) is 58.0 Å². The summed E-state index contributed by atoms with van der Waals surface area (Å²) >= 11 is 0. The smallest absolute Gasteiger partial charge is 0.347 e. The van der Waals surface area contributed by atoms with E-state index in [1.54, 1.807) is 27.7 Å². The molecule has 2 saturated heterocycles. The van der Waals surface area contributed by atoms with Crippen LogP contribution in [0.2, 0.25) is 0 Å². The molecule has 9 heteroatoms. The van der Waals surface area contributed by atoms with Crippen LogP contribution in [0.15, 0.2) is 11.8 Å². The fourth-order valence-electron chi connectivity index (χ4n) is 2.75. The highest BCUT2D eigenvalue weighted by Gasteiger charge is 2.54. The summed E-state index contributed by atoms with van der Waals surface area (Å²) in [6, 6.07) is 0. The van der Waals surface area contributed by atoms with Gasteiger partial charge in [0.2, 0.25) is 0 Å². The maximum absolute atomic E-state index is 11.9. The highest BCUT2D eigenvalue weighted by Crippen LogP contribution is 2.37. The molecular weight excluding hydrogens is 334 g/mol. The Morgan fingerprint density at radius 2 is 1.68 bits per heavy atom. The van der Waals surface area contributed by atoms with Crippen molar-refractivity contribution in [1.29, 1.82) is 0 Å². The lowest BCUT2D eigenvalue weighted by Gasteiger charge is -2.23. The number of nitrogens with one attached hydrogen (secondary N) is 1. The van der Waals surface area contributed by atoms with Gasteiger partial charge in [0.05, 0.1) is 19.8 Å². The molecule has 2 heterocycles. The van der Waals surface area contributed by atoms with Crippen molar-refractivity contribution in [3.8, 4) is 0 Å². The Bertz CT molecular complexity index is 512. The first-order chi connectivity index (χ1) is 11.8. The van der Waals surface area contributed by atoms with Gasteiger partial charge in [0.15, 0.2) is 17.6 Å². The third-order valence-corrected chi connectivity index (χ3v) is 3.71. The zero-order valence-corrected chi connectivity index (χ0v) is 14.8. The minimum absolute atomic E-state index is 0.123. The van der Waals surface area contributed by atoms with Gasteiger partial charge in [-0.15, -0.1) is 0 Å². The van der Waals surface area contributed by atoms with Gasteiger partial charge in [0.1, 0.15) is 18.3 Å². The quantitative estimate of drug-likeness (QED) is 0.277. The zero-order chi connectivity index (χ0) is 18.6. The molecule has 0 spiro atoms. The number of hydrogen-bond donors (Lipinski definition) is 2. The molecule has 0 radical (unpaired) electrons. The van der Waals surface area contributed by atoms with Crippen molar-refractivity contribution in [2.24, 2.45) is 0 Å². The zero-order valence-electron chi connectivity index (χ0n) is 14.8. The summed E-state index contributed by atoms with van der Waals surface area (Å²) < 4.78 is 26.9. The average Bonchev–Trinajstić information content (AvgIpc) is 3.01. The summed E-state index contributed by atoms with van der Waals surface area (Å²) in [6.45, 7) is 6.79. The topological polar surface area (TPSA) is 113 Å². The Balaban J connectivity index is 2.13. The Labute approximate surface area is 146 Å². The number of carbonyl (C=O) groups excluding carboxylic acids is 2. The summed E-state index contributed by atoms with van der Waals surface area (Å²) in [5.41, 5.74) is -0.283. The van der Waals surface area contributed by atoms with Gasteiger partial charge in [-0.05, 0) is 27.7 Å². The molecule has 0 saturated carbocycles. The lowest BCUT2D eigenvalue weighted by atomic mass is 10.1. The molecule has 25 heavy (non-hydrogen) atoms. The van der Waals surface area contributed by atoms with Gasteiger partial charge in [-0.2, -0.15) is 0 Å².